The van der Waals surface area contributed by atoms with Gasteiger partial charge in [-0.25, -0.2) is 14.4 Å². The number of benzene rings is 1. The van der Waals surface area contributed by atoms with Crippen molar-refractivity contribution in [3.8, 4) is 0 Å². The van der Waals surface area contributed by atoms with Crippen LogP contribution < -0.4 is 5.32 Å². The number of aromatic nitrogens is 2. The van der Waals surface area contributed by atoms with Gasteiger partial charge in [0.05, 0.1) is 17.8 Å². The number of hydrogen-bond donors (Lipinski definition) is 1. The normalized spacial score (nSPS) is 10.1. The van der Waals surface area contributed by atoms with Gasteiger partial charge in [-0.15, -0.1) is 0 Å². The number of halogens is 2. The number of hydrogen-bond acceptors (Lipinski definition) is 3. The van der Waals surface area contributed by atoms with Crippen molar-refractivity contribution >= 4 is 21.8 Å². The zero-order chi connectivity index (χ0) is 13.0. The maximum atomic E-state index is 13.4. The summed E-state index contributed by atoms with van der Waals surface area (Å²) in [5, 5.41) is 2.59. The monoisotopic (exact) mass is 309 g/mol. The van der Waals surface area contributed by atoms with E-state index >= 15 is 0 Å². The average Bonchev–Trinajstić information content (AvgIpc) is 2.40. The van der Waals surface area contributed by atoms with E-state index in [0.29, 0.717) is 10.2 Å². The molecule has 1 aromatic heterocycles. The molecule has 0 atom stereocenters. The molecule has 1 N–H and O–H groups in total. The Hall–Kier alpha value is -1.82. The molecule has 6 heteroatoms. The van der Waals surface area contributed by atoms with Gasteiger partial charge < -0.3 is 5.32 Å². The summed E-state index contributed by atoms with van der Waals surface area (Å²) < 4.78 is 14.1. The van der Waals surface area contributed by atoms with Crippen molar-refractivity contribution in [3.05, 3.63) is 58.3 Å². The van der Waals surface area contributed by atoms with Crippen LogP contribution in [-0.2, 0) is 6.54 Å². The maximum absolute atomic E-state index is 13.4. The molecule has 0 saturated heterocycles. The Balaban J connectivity index is 2.06. The van der Waals surface area contributed by atoms with E-state index in [2.05, 4.69) is 31.2 Å². The Morgan fingerprint density at radius 2 is 2.22 bits per heavy atom. The molecular formula is C12H9BrFN3O. The number of nitrogens with one attached hydrogen (secondary N) is 1. The molecule has 0 unspecified atom stereocenters. The fourth-order valence-corrected chi connectivity index (χ4v) is 1.72. The van der Waals surface area contributed by atoms with Crippen LogP contribution in [0.15, 0.2) is 41.3 Å². The molecule has 0 aliphatic carbocycles. The first kappa shape index (κ1) is 12.6. The van der Waals surface area contributed by atoms with Gasteiger partial charge in [0.1, 0.15) is 12.1 Å². The maximum Gasteiger partial charge on any atom is 0.254 e. The lowest BCUT2D eigenvalue weighted by molar-refractivity contribution is 0.0946. The van der Waals surface area contributed by atoms with E-state index in [1.807, 2.05) is 0 Å². The molecule has 18 heavy (non-hydrogen) atoms. The van der Waals surface area contributed by atoms with Crippen LogP contribution in [0.2, 0.25) is 0 Å². The van der Waals surface area contributed by atoms with Gasteiger partial charge >= 0.3 is 0 Å². The Bertz CT molecular complexity index is 563. The Morgan fingerprint density at radius 1 is 1.39 bits per heavy atom. The standard InChI is InChI=1S/C12H9BrFN3O/c13-8-1-2-11(14)10(5-8)12(18)16-6-9-3-4-15-7-17-9/h1-5,7H,6H2,(H,16,18). The fourth-order valence-electron chi connectivity index (χ4n) is 1.36. The van der Waals surface area contributed by atoms with Gasteiger partial charge in [-0.3, -0.25) is 4.79 Å². The van der Waals surface area contributed by atoms with Crippen molar-refractivity contribution in [3.63, 3.8) is 0 Å². The number of rotatable bonds is 3. The second kappa shape index (κ2) is 5.68. The summed E-state index contributed by atoms with van der Waals surface area (Å²) >= 11 is 3.19. The number of amides is 1. The highest BCUT2D eigenvalue weighted by Crippen LogP contribution is 2.15. The Kier molecular flexibility index (Phi) is 3.99. The highest BCUT2D eigenvalue weighted by atomic mass is 79.9. The van der Waals surface area contributed by atoms with E-state index < -0.39 is 11.7 Å². The molecule has 92 valence electrons. The predicted molar refractivity (Wildman–Crippen MR) is 67.3 cm³/mol. The quantitative estimate of drug-likeness (QED) is 0.946. The predicted octanol–water partition coefficient (Wildman–Crippen LogP) is 2.31. The van der Waals surface area contributed by atoms with Gasteiger partial charge in [0.15, 0.2) is 0 Å². The van der Waals surface area contributed by atoms with Crippen LogP contribution in [0.3, 0.4) is 0 Å². The van der Waals surface area contributed by atoms with E-state index in [0.717, 1.165) is 0 Å². The lowest BCUT2D eigenvalue weighted by Crippen LogP contribution is -2.24. The van der Waals surface area contributed by atoms with Crippen LogP contribution in [0.5, 0.6) is 0 Å². The molecule has 0 aliphatic heterocycles. The summed E-state index contributed by atoms with van der Waals surface area (Å²) in [6.45, 7) is 0.229. The number of carbonyl (C=O) groups excluding carboxylic acids is 1. The molecule has 1 aromatic carbocycles. The molecule has 0 aliphatic rings. The molecule has 0 spiro atoms. The highest BCUT2D eigenvalue weighted by Gasteiger charge is 2.11. The highest BCUT2D eigenvalue weighted by molar-refractivity contribution is 9.10. The summed E-state index contributed by atoms with van der Waals surface area (Å²) in [7, 11) is 0. The first-order valence-corrected chi connectivity index (χ1v) is 5.94. The van der Waals surface area contributed by atoms with Crippen LogP contribution in [0.25, 0.3) is 0 Å². The van der Waals surface area contributed by atoms with Crippen LogP contribution in [0.1, 0.15) is 16.1 Å². The Labute approximate surface area is 111 Å². The largest absolute Gasteiger partial charge is 0.346 e. The minimum absolute atomic E-state index is 0.00145. The van der Waals surface area contributed by atoms with Crippen LogP contribution in [-0.4, -0.2) is 15.9 Å². The van der Waals surface area contributed by atoms with Gasteiger partial charge in [-0.1, -0.05) is 15.9 Å². The van der Waals surface area contributed by atoms with Crippen molar-refractivity contribution in [1.29, 1.82) is 0 Å². The molecule has 4 nitrogen and oxygen atoms in total. The Morgan fingerprint density at radius 3 is 2.94 bits per heavy atom. The first-order chi connectivity index (χ1) is 8.66. The molecule has 1 heterocycles. The smallest absolute Gasteiger partial charge is 0.254 e. The number of nitrogens with zero attached hydrogens (tertiary/aromatic N) is 2. The van der Waals surface area contributed by atoms with Crippen LogP contribution in [0.4, 0.5) is 4.39 Å². The average molecular weight is 310 g/mol. The minimum atomic E-state index is -0.557. The van der Waals surface area contributed by atoms with Crippen molar-refractivity contribution in [2.24, 2.45) is 0 Å². The topological polar surface area (TPSA) is 54.9 Å². The zero-order valence-electron chi connectivity index (χ0n) is 9.23. The van der Waals surface area contributed by atoms with Crippen LogP contribution in [0, 0.1) is 5.82 Å². The summed E-state index contributed by atoms with van der Waals surface area (Å²) in [5.41, 5.74) is 0.659. The van der Waals surface area contributed by atoms with E-state index in [-0.39, 0.29) is 12.1 Å². The summed E-state index contributed by atoms with van der Waals surface area (Å²) in [6.07, 6.45) is 2.97. The van der Waals surface area contributed by atoms with Crippen molar-refractivity contribution in [2.45, 2.75) is 6.54 Å². The first-order valence-electron chi connectivity index (χ1n) is 5.15. The minimum Gasteiger partial charge on any atom is -0.346 e. The zero-order valence-corrected chi connectivity index (χ0v) is 10.8. The molecule has 2 aromatic rings. The lowest BCUT2D eigenvalue weighted by atomic mass is 10.2. The van der Waals surface area contributed by atoms with Gasteiger partial charge in [-0.05, 0) is 24.3 Å². The van der Waals surface area contributed by atoms with E-state index in [4.69, 9.17) is 0 Å². The van der Waals surface area contributed by atoms with Crippen LogP contribution >= 0.6 is 15.9 Å². The summed E-state index contributed by atoms with van der Waals surface area (Å²) in [5.74, 6) is -1.04. The third kappa shape index (κ3) is 3.10. The van der Waals surface area contributed by atoms with Crippen molar-refractivity contribution in [2.75, 3.05) is 0 Å². The SMILES string of the molecule is O=C(NCc1ccncn1)c1cc(Br)ccc1F. The van der Waals surface area contributed by atoms with Gasteiger partial charge in [0.25, 0.3) is 5.91 Å². The molecule has 0 bridgehead atoms. The van der Waals surface area contributed by atoms with E-state index in [1.54, 1.807) is 12.3 Å². The lowest BCUT2D eigenvalue weighted by Gasteiger charge is -2.06. The van der Waals surface area contributed by atoms with Gasteiger partial charge in [-0.2, -0.15) is 0 Å². The van der Waals surface area contributed by atoms with Crippen molar-refractivity contribution in [1.82, 2.24) is 15.3 Å². The third-order valence-corrected chi connectivity index (χ3v) is 2.74. The second-order valence-corrected chi connectivity index (χ2v) is 4.42. The summed E-state index contributed by atoms with van der Waals surface area (Å²) in [4.78, 5) is 19.5. The van der Waals surface area contributed by atoms with Gasteiger partial charge in [0, 0.05) is 10.7 Å². The van der Waals surface area contributed by atoms with E-state index in [9.17, 15) is 9.18 Å². The van der Waals surface area contributed by atoms with Crippen molar-refractivity contribution < 1.29 is 9.18 Å². The number of carbonyl (C=O) groups is 1. The molecule has 1 amide bonds. The molecular weight excluding hydrogens is 301 g/mol. The van der Waals surface area contributed by atoms with Gasteiger partial charge in [0.2, 0.25) is 0 Å². The molecule has 0 radical (unpaired) electrons. The molecule has 2 rings (SSSR count). The fraction of sp³-hybridized carbons (Fsp3) is 0.0833. The second-order valence-electron chi connectivity index (χ2n) is 3.51. The molecule has 0 saturated carbocycles. The summed E-state index contributed by atoms with van der Waals surface area (Å²) in [6, 6.07) is 5.89. The third-order valence-electron chi connectivity index (χ3n) is 2.25. The molecule has 0 fully saturated rings. The van der Waals surface area contributed by atoms with E-state index in [1.165, 1.54) is 24.5 Å².